The third-order valence-corrected chi connectivity index (χ3v) is 3.81. The molecule has 0 amide bonds. The molecular weight excluding hydrogens is 272 g/mol. The molecule has 2 heterocycles. The minimum atomic E-state index is 0.440. The lowest BCUT2D eigenvalue weighted by Gasteiger charge is -2.07. The Kier molecular flexibility index (Phi) is 5.43. The molecule has 2 rings (SSSR count). The molecule has 20 heavy (non-hydrogen) atoms. The number of hydrogen-bond donors (Lipinski definition) is 1. The molecule has 5 nitrogen and oxygen atoms in total. The van der Waals surface area contributed by atoms with Crippen molar-refractivity contribution < 1.29 is 4.74 Å². The molecular formula is C14H20N4OS. The Hall–Kier alpha value is -1.53. The molecule has 0 bridgehead atoms. The fourth-order valence-corrected chi connectivity index (χ4v) is 2.40. The molecule has 0 unspecified atom stereocenters. The molecule has 0 atom stereocenters. The van der Waals surface area contributed by atoms with Gasteiger partial charge in [-0.2, -0.15) is 5.10 Å². The van der Waals surface area contributed by atoms with Gasteiger partial charge in [-0.3, -0.25) is 0 Å². The Labute approximate surface area is 123 Å². The highest BCUT2D eigenvalue weighted by Gasteiger charge is 2.03. The van der Waals surface area contributed by atoms with Crippen molar-refractivity contribution >= 4 is 11.3 Å². The van der Waals surface area contributed by atoms with E-state index in [-0.39, 0.29) is 0 Å². The topological polar surface area (TPSA) is 59.9 Å². The summed E-state index contributed by atoms with van der Waals surface area (Å²) in [5, 5.41) is 11.5. The highest BCUT2D eigenvalue weighted by Crippen LogP contribution is 2.13. The Balaban J connectivity index is 1.77. The lowest BCUT2D eigenvalue weighted by molar-refractivity contribution is 0.305. The molecule has 6 heteroatoms. The van der Waals surface area contributed by atoms with Gasteiger partial charge in [-0.05, 0) is 13.0 Å². The van der Waals surface area contributed by atoms with Crippen LogP contribution in [0.1, 0.15) is 30.1 Å². The summed E-state index contributed by atoms with van der Waals surface area (Å²) in [6.07, 6.45) is 0.856. The van der Waals surface area contributed by atoms with E-state index in [0.29, 0.717) is 18.5 Å². The normalized spacial score (nSPS) is 11.0. The van der Waals surface area contributed by atoms with Crippen LogP contribution < -0.4 is 10.1 Å². The van der Waals surface area contributed by atoms with Gasteiger partial charge in [0.2, 0.25) is 5.88 Å². The number of aromatic nitrogens is 3. The van der Waals surface area contributed by atoms with Gasteiger partial charge < -0.3 is 10.1 Å². The zero-order chi connectivity index (χ0) is 14.4. The number of nitrogens with one attached hydrogen (secondary N) is 1. The average molecular weight is 292 g/mol. The molecule has 1 N–H and O–H groups in total. The van der Waals surface area contributed by atoms with E-state index >= 15 is 0 Å². The number of aryl methyl sites for hydroxylation is 1. The largest absolute Gasteiger partial charge is 0.476 e. The summed E-state index contributed by atoms with van der Waals surface area (Å²) in [6, 6.07) is 4.25. The number of hydrogen-bond acceptors (Lipinski definition) is 6. The van der Waals surface area contributed by atoms with E-state index < -0.39 is 0 Å². The summed E-state index contributed by atoms with van der Waals surface area (Å²) < 4.78 is 5.60. The van der Waals surface area contributed by atoms with Crippen LogP contribution in [-0.4, -0.2) is 27.8 Å². The van der Waals surface area contributed by atoms with Crippen molar-refractivity contribution in [1.82, 2.24) is 20.5 Å². The van der Waals surface area contributed by atoms with Gasteiger partial charge in [0, 0.05) is 30.0 Å². The quantitative estimate of drug-likeness (QED) is 0.849. The van der Waals surface area contributed by atoms with Gasteiger partial charge in [0.15, 0.2) is 0 Å². The first-order valence-electron chi connectivity index (χ1n) is 6.73. The summed E-state index contributed by atoms with van der Waals surface area (Å²) in [5.74, 6) is 0.570. The fourth-order valence-electron chi connectivity index (χ4n) is 1.64. The second-order valence-corrected chi connectivity index (χ2v) is 5.80. The zero-order valence-electron chi connectivity index (χ0n) is 12.1. The maximum absolute atomic E-state index is 5.60. The van der Waals surface area contributed by atoms with Crippen LogP contribution in [0, 0.1) is 6.92 Å². The second kappa shape index (κ2) is 7.31. The number of ether oxygens (including phenoxy) is 1. The van der Waals surface area contributed by atoms with E-state index in [4.69, 9.17) is 4.74 Å². The van der Waals surface area contributed by atoms with Gasteiger partial charge in [-0.15, -0.1) is 16.4 Å². The summed E-state index contributed by atoms with van der Waals surface area (Å²) in [6.45, 7) is 7.55. The van der Waals surface area contributed by atoms with Crippen LogP contribution in [0.3, 0.4) is 0 Å². The summed E-state index contributed by atoms with van der Waals surface area (Å²) in [5.41, 5.74) is 3.87. The number of rotatable bonds is 7. The molecule has 0 aliphatic rings. The first kappa shape index (κ1) is 14.9. The predicted octanol–water partition coefficient (Wildman–Crippen LogP) is 2.36. The van der Waals surface area contributed by atoms with Crippen LogP contribution in [0.4, 0.5) is 0 Å². The van der Waals surface area contributed by atoms with Crippen molar-refractivity contribution in [1.29, 1.82) is 0 Å². The van der Waals surface area contributed by atoms with Gasteiger partial charge in [-0.1, -0.05) is 13.8 Å². The van der Waals surface area contributed by atoms with Gasteiger partial charge in [0.05, 0.1) is 23.5 Å². The molecule has 0 aromatic carbocycles. The Morgan fingerprint density at radius 2 is 2.15 bits per heavy atom. The zero-order valence-corrected chi connectivity index (χ0v) is 12.9. The third kappa shape index (κ3) is 4.54. The van der Waals surface area contributed by atoms with Crippen LogP contribution in [0.5, 0.6) is 5.88 Å². The standard InChI is InChI=1S/C14H20N4OS/c1-10(2)15-8-12-4-5-14(18-17-12)19-7-6-13-11(3)16-9-20-13/h4-5,9-10,15H,6-8H2,1-3H3. The first-order chi connectivity index (χ1) is 9.65. The highest BCUT2D eigenvalue weighted by atomic mass is 32.1. The molecule has 0 spiro atoms. The van der Waals surface area contributed by atoms with Crippen molar-refractivity contribution in [2.24, 2.45) is 0 Å². The Bertz CT molecular complexity index is 524. The lowest BCUT2D eigenvalue weighted by Crippen LogP contribution is -2.22. The highest BCUT2D eigenvalue weighted by molar-refractivity contribution is 7.09. The van der Waals surface area contributed by atoms with E-state index in [1.165, 1.54) is 4.88 Å². The smallest absolute Gasteiger partial charge is 0.233 e. The fraction of sp³-hybridized carbons (Fsp3) is 0.500. The van der Waals surface area contributed by atoms with Gasteiger partial charge in [0.1, 0.15) is 0 Å². The van der Waals surface area contributed by atoms with Gasteiger partial charge in [0.25, 0.3) is 0 Å². The summed E-state index contributed by atoms with van der Waals surface area (Å²) in [4.78, 5) is 5.48. The average Bonchev–Trinajstić information content (AvgIpc) is 2.83. The predicted molar refractivity (Wildman–Crippen MR) is 80.1 cm³/mol. The Morgan fingerprint density at radius 1 is 1.30 bits per heavy atom. The van der Waals surface area contributed by atoms with Crippen LogP contribution in [0.15, 0.2) is 17.6 Å². The summed E-state index contributed by atoms with van der Waals surface area (Å²) in [7, 11) is 0. The maximum Gasteiger partial charge on any atom is 0.233 e. The maximum atomic E-state index is 5.60. The molecule has 0 aliphatic heterocycles. The van der Waals surface area contributed by atoms with Crippen molar-refractivity contribution in [3.63, 3.8) is 0 Å². The molecule has 2 aromatic heterocycles. The van der Waals surface area contributed by atoms with Crippen molar-refractivity contribution in [2.75, 3.05) is 6.61 Å². The molecule has 0 saturated carbocycles. The van der Waals surface area contributed by atoms with Gasteiger partial charge in [-0.25, -0.2) is 4.98 Å². The molecule has 0 radical (unpaired) electrons. The van der Waals surface area contributed by atoms with E-state index in [9.17, 15) is 0 Å². The minimum absolute atomic E-state index is 0.440. The van der Waals surface area contributed by atoms with E-state index in [0.717, 1.165) is 24.4 Å². The van der Waals surface area contributed by atoms with E-state index in [1.807, 2.05) is 24.6 Å². The van der Waals surface area contributed by atoms with Crippen LogP contribution in [-0.2, 0) is 13.0 Å². The Morgan fingerprint density at radius 3 is 2.75 bits per heavy atom. The van der Waals surface area contributed by atoms with Crippen LogP contribution in [0.25, 0.3) is 0 Å². The minimum Gasteiger partial charge on any atom is -0.476 e. The SMILES string of the molecule is Cc1ncsc1CCOc1ccc(CNC(C)C)nn1. The van der Waals surface area contributed by atoms with Crippen molar-refractivity contribution in [3.8, 4) is 5.88 Å². The molecule has 108 valence electrons. The van der Waals surface area contributed by atoms with E-state index in [2.05, 4.69) is 34.3 Å². The molecule has 0 saturated heterocycles. The second-order valence-electron chi connectivity index (χ2n) is 4.86. The third-order valence-electron chi connectivity index (χ3n) is 2.81. The number of nitrogens with zero attached hydrogens (tertiary/aromatic N) is 3. The molecule has 0 aliphatic carbocycles. The molecule has 0 fully saturated rings. The van der Waals surface area contributed by atoms with Crippen molar-refractivity contribution in [3.05, 3.63) is 33.9 Å². The lowest BCUT2D eigenvalue weighted by atomic mass is 10.3. The first-order valence-corrected chi connectivity index (χ1v) is 7.61. The summed E-state index contributed by atoms with van der Waals surface area (Å²) >= 11 is 1.66. The van der Waals surface area contributed by atoms with E-state index in [1.54, 1.807) is 11.3 Å². The molecule has 2 aromatic rings. The van der Waals surface area contributed by atoms with Crippen LogP contribution in [0.2, 0.25) is 0 Å². The monoisotopic (exact) mass is 292 g/mol. The van der Waals surface area contributed by atoms with Gasteiger partial charge >= 0.3 is 0 Å². The van der Waals surface area contributed by atoms with Crippen LogP contribution >= 0.6 is 11.3 Å². The number of thiazole rings is 1. The van der Waals surface area contributed by atoms with Crippen molar-refractivity contribution in [2.45, 2.75) is 39.8 Å².